The molecular formula is C4H6NO2. The van der Waals surface area contributed by atoms with Crippen LogP contribution in [0.4, 0.5) is 4.79 Å². The first-order chi connectivity index (χ1) is 3.30. The lowest BCUT2D eigenvalue weighted by Gasteiger charge is -1.98. The molecule has 1 amide bonds. The van der Waals surface area contributed by atoms with E-state index in [9.17, 15) is 4.79 Å². The maximum absolute atomic E-state index is 10.2. The van der Waals surface area contributed by atoms with Crippen molar-refractivity contribution in [2.75, 3.05) is 13.6 Å². The molecule has 1 fully saturated rings. The van der Waals surface area contributed by atoms with Crippen molar-refractivity contribution in [3.8, 4) is 0 Å². The molecule has 7 heavy (non-hydrogen) atoms. The van der Waals surface area contributed by atoms with Gasteiger partial charge >= 0.3 is 6.09 Å². The monoisotopic (exact) mass is 100 g/mol. The highest BCUT2D eigenvalue weighted by atomic mass is 16.6. The van der Waals surface area contributed by atoms with Gasteiger partial charge in [-0.05, 0) is 0 Å². The van der Waals surface area contributed by atoms with Crippen LogP contribution < -0.4 is 0 Å². The third-order valence-corrected chi connectivity index (χ3v) is 0.844. The van der Waals surface area contributed by atoms with Crippen LogP contribution in [0.5, 0.6) is 0 Å². The normalized spacial score (nSPS) is 20.1. The first kappa shape index (κ1) is 4.43. The molecule has 0 unspecified atom stereocenters. The number of carbonyl (C=O) groups is 1. The second kappa shape index (κ2) is 1.40. The molecule has 0 aliphatic carbocycles. The summed E-state index contributed by atoms with van der Waals surface area (Å²) in [7, 11) is 1.69. The summed E-state index contributed by atoms with van der Waals surface area (Å²) < 4.78 is 4.43. The van der Waals surface area contributed by atoms with Gasteiger partial charge in [0.05, 0.1) is 6.54 Å². The molecule has 1 aliphatic heterocycles. The fourth-order valence-corrected chi connectivity index (χ4v) is 0.385. The molecule has 0 aromatic carbocycles. The number of hydrogen-bond donors (Lipinski definition) is 0. The molecule has 3 nitrogen and oxygen atoms in total. The zero-order valence-corrected chi connectivity index (χ0v) is 4.05. The van der Waals surface area contributed by atoms with Crippen molar-refractivity contribution in [2.45, 2.75) is 0 Å². The van der Waals surface area contributed by atoms with E-state index in [1.165, 1.54) is 11.5 Å². The van der Waals surface area contributed by atoms with Gasteiger partial charge in [0.25, 0.3) is 0 Å². The van der Waals surface area contributed by atoms with Gasteiger partial charge in [-0.2, -0.15) is 0 Å². The Kier molecular flexibility index (Phi) is 0.889. The Bertz CT molecular complexity index is 91.7. The van der Waals surface area contributed by atoms with E-state index in [1.807, 2.05) is 0 Å². The van der Waals surface area contributed by atoms with Gasteiger partial charge in [-0.1, -0.05) is 0 Å². The van der Waals surface area contributed by atoms with Crippen molar-refractivity contribution in [3.05, 3.63) is 6.61 Å². The molecule has 39 valence electrons. The zero-order chi connectivity index (χ0) is 5.28. The number of hydrogen-bond acceptors (Lipinski definition) is 2. The van der Waals surface area contributed by atoms with Crippen molar-refractivity contribution in [1.82, 2.24) is 4.90 Å². The van der Waals surface area contributed by atoms with Crippen LogP contribution in [0.3, 0.4) is 0 Å². The van der Waals surface area contributed by atoms with E-state index in [0.29, 0.717) is 6.54 Å². The number of nitrogens with zero attached hydrogens (tertiary/aromatic N) is 1. The van der Waals surface area contributed by atoms with Crippen molar-refractivity contribution >= 4 is 6.09 Å². The van der Waals surface area contributed by atoms with Gasteiger partial charge in [0.2, 0.25) is 0 Å². The number of amides is 1. The van der Waals surface area contributed by atoms with Gasteiger partial charge in [-0.3, -0.25) is 0 Å². The number of rotatable bonds is 0. The Morgan fingerprint density at radius 3 is 2.86 bits per heavy atom. The van der Waals surface area contributed by atoms with Gasteiger partial charge in [0.1, 0.15) is 0 Å². The molecule has 1 saturated heterocycles. The minimum Gasteiger partial charge on any atom is -0.440 e. The van der Waals surface area contributed by atoms with E-state index >= 15 is 0 Å². The maximum atomic E-state index is 10.2. The molecule has 0 saturated carbocycles. The third kappa shape index (κ3) is 0.656. The first-order valence-corrected chi connectivity index (χ1v) is 2.04. The topological polar surface area (TPSA) is 29.5 Å². The number of carbonyl (C=O) groups excluding carboxylic acids is 1. The average molecular weight is 100 g/mol. The average Bonchev–Trinajstić information content (AvgIpc) is 1.91. The van der Waals surface area contributed by atoms with Crippen molar-refractivity contribution in [2.24, 2.45) is 0 Å². The van der Waals surface area contributed by atoms with E-state index < -0.39 is 0 Å². The van der Waals surface area contributed by atoms with E-state index in [2.05, 4.69) is 4.74 Å². The summed E-state index contributed by atoms with van der Waals surface area (Å²) in [5.41, 5.74) is 0. The molecule has 3 heteroatoms. The van der Waals surface area contributed by atoms with Gasteiger partial charge in [-0.15, -0.1) is 0 Å². The molecule has 1 rings (SSSR count). The highest BCUT2D eigenvalue weighted by Gasteiger charge is 2.16. The lowest BCUT2D eigenvalue weighted by Crippen LogP contribution is -2.17. The molecule has 0 N–H and O–H groups in total. The lowest BCUT2D eigenvalue weighted by atomic mass is 10.7. The molecule has 0 aromatic rings. The second-order valence-corrected chi connectivity index (χ2v) is 1.43. The van der Waals surface area contributed by atoms with Crippen molar-refractivity contribution < 1.29 is 9.53 Å². The quantitative estimate of drug-likeness (QED) is 0.436. The van der Waals surface area contributed by atoms with Crippen LogP contribution in [0, 0.1) is 6.61 Å². The SMILES string of the molecule is CN1C[CH]OC1=O. The smallest absolute Gasteiger partial charge is 0.410 e. The minimum atomic E-state index is -0.264. The lowest BCUT2D eigenvalue weighted by molar-refractivity contribution is 0.173. The predicted molar refractivity (Wildman–Crippen MR) is 23.4 cm³/mol. The molecule has 0 atom stereocenters. The third-order valence-electron chi connectivity index (χ3n) is 0.844. The Labute approximate surface area is 41.9 Å². The van der Waals surface area contributed by atoms with Gasteiger partial charge in [0.15, 0.2) is 6.61 Å². The zero-order valence-electron chi connectivity index (χ0n) is 4.05. The summed E-state index contributed by atoms with van der Waals surface area (Å²) in [4.78, 5) is 11.7. The number of cyclic esters (lactones) is 1. The number of likely N-dealkylation sites (N-methyl/N-ethyl adjacent to an activating group) is 1. The van der Waals surface area contributed by atoms with Crippen LogP contribution in [0.1, 0.15) is 0 Å². The Morgan fingerprint density at radius 1 is 2.00 bits per heavy atom. The standard InChI is InChI=1S/C4H6NO2/c1-5-2-3-7-4(5)6/h3H,2H2,1H3. The predicted octanol–water partition coefficient (Wildman–Crippen LogP) is 0.230. The Morgan fingerprint density at radius 2 is 2.71 bits per heavy atom. The summed E-state index contributed by atoms with van der Waals surface area (Å²) in [5.74, 6) is 0. The summed E-state index contributed by atoms with van der Waals surface area (Å²) in [6.07, 6.45) is -0.264. The van der Waals surface area contributed by atoms with Crippen LogP contribution in [-0.2, 0) is 4.74 Å². The summed E-state index contributed by atoms with van der Waals surface area (Å²) >= 11 is 0. The minimum absolute atomic E-state index is 0.264. The molecule has 1 aliphatic rings. The second-order valence-electron chi connectivity index (χ2n) is 1.43. The number of ether oxygens (including phenoxy) is 1. The fraction of sp³-hybridized carbons (Fsp3) is 0.500. The Balaban J connectivity index is 2.48. The van der Waals surface area contributed by atoms with E-state index in [0.717, 1.165) is 0 Å². The molecule has 0 bridgehead atoms. The molecule has 1 radical (unpaired) electrons. The fourth-order valence-electron chi connectivity index (χ4n) is 0.385. The summed E-state index contributed by atoms with van der Waals surface area (Å²) in [6, 6.07) is 0. The molecule has 1 heterocycles. The van der Waals surface area contributed by atoms with Gasteiger partial charge in [-0.25, -0.2) is 4.79 Å². The van der Waals surface area contributed by atoms with Gasteiger partial charge < -0.3 is 9.64 Å². The summed E-state index contributed by atoms with van der Waals surface area (Å²) in [6.45, 7) is 2.08. The van der Waals surface area contributed by atoms with Crippen LogP contribution in [0.2, 0.25) is 0 Å². The maximum Gasteiger partial charge on any atom is 0.410 e. The molecular weight excluding hydrogens is 94.0 g/mol. The van der Waals surface area contributed by atoms with E-state index in [-0.39, 0.29) is 6.09 Å². The first-order valence-electron chi connectivity index (χ1n) is 2.04. The highest BCUT2D eigenvalue weighted by Crippen LogP contribution is 2.01. The summed E-state index contributed by atoms with van der Waals surface area (Å²) in [5, 5.41) is 0. The van der Waals surface area contributed by atoms with Crippen LogP contribution in [0.25, 0.3) is 0 Å². The van der Waals surface area contributed by atoms with Crippen LogP contribution >= 0.6 is 0 Å². The van der Waals surface area contributed by atoms with Crippen molar-refractivity contribution in [3.63, 3.8) is 0 Å². The van der Waals surface area contributed by atoms with Crippen LogP contribution in [-0.4, -0.2) is 24.6 Å². The molecule has 0 aromatic heterocycles. The van der Waals surface area contributed by atoms with Crippen molar-refractivity contribution in [1.29, 1.82) is 0 Å². The van der Waals surface area contributed by atoms with E-state index in [1.54, 1.807) is 7.05 Å². The van der Waals surface area contributed by atoms with E-state index in [4.69, 9.17) is 0 Å². The van der Waals surface area contributed by atoms with Crippen LogP contribution in [0.15, 0.2) is 0 Å². The molecule has 0 spiro atoms. The van der Waals surface area contributed by atoms with Gasteiger partial charge in [0, 0.05) is 7.05 Å². The Hall–Kier alpha value is -0.730. The highest BCUT2D eigenvalue weighted by molar-refractivity contribution is 5.69. The largest absolute Gasteiger partial charge is 0.440 e.